The van der Waals surface area contributed by atoms with Crippen molar-refractivity contribution in [3.05, 3.63) is 10.4 Å². The first kappa shape index (κ1) is 7.64. The summed E-state index contributed by atoms with van der Waals surface area (Å²) in [6.07, 6.45) is 0.715. The van der Waals surface area contributed by atoms with Gasteiger partial charge in [-0.3, -0.25) is 0 Å². The van der Waals surface area contributed by atoms with E-state index in [1.165, 1.54) is 0 Å². The highest BCUT2D eigenvalue weighted by Gasteiger charge is 2.00. The van der Waals surface area contributed by atoms with Gasteiger partial charge in [0.05, 0.1) is 4.52 Å². The maximum atomic E-state index is 9.98. The van der Waals surface area contributed by atoms with Crippen LogP contribution in [0.4, 0.5) is 0 Å². The van der Waals surface area contributed by atoms with E-state index in [4.69, 9.17) is 5.53 Å². The molecule has 0 heterocycles. The molecule has 8 heteroatoms. The fraction of sp³-hybridized carbons (Fsp3) is 0. The number of rotatable bonds is 2. The van der Waals surface area contributed by atoms with Crippen LogP contribution in [0.25, 0.3) is 10.4 Å². The lowest BCUT2D eigenvalue weighted by atomic mass is 11.7. The van der Waals surface area contributed by atoms with Gasteiger partial charge < -0.3 is 0 Å². The second kappa shape index (κ2) is 2.83. The minimum atomic E-state index is -4.27. The van der Waals surface area contributed by atoms with Crippen molar-refractivity contribution in [2.24, 2.45) is 8.92 Å². The topological polar surface area (TPSA) is 112 Å². The third-order valence-corrected chi connectivity index (χ3v) is 0.877. The van der Waals surface area contributed by atoms with E-state index in [9.17, 15) is 13.2 Å². The fourth-order valence-electron chi connectivity index (χ4n) is 0.111. The summed E-state index contributed by atoms with van der Waals surface area (Å²) in [5.74, 6) is 0. The summed E-state index contributed by atoms with van der Waals surface area (Å²) in [5, 5.41) is 0. The summed E-state index contributed by atoms with van der Waals surface area (Å²) in [6, 6.07) is 0. The molecule has 9 heavy (non-hydrogen) atoms. The van der Waals surface area contributed by atoms with Crippen LogP contribution < -0.4 is 0 Å². The molecule has 0 aromatic carbocycles. The van der Waals surface area contributed by atoms with Crippen LogP contribution in [0.1, 0.15) is 0 Å². The number of isocyanates is 1. The first-order valence-corrected chi connectivity index (χ1v) is 2.92. The summed E-state index contributed by atoms with van der Waals surface area (Å²) in [7, 11) is -4.27. The molecule has 0 aliphatic heterocycles. The Morgan fingerprint density at radius 3 is 2.44 bits per heavy atom. The van der Waals surface area contributed by atoms with Crippen LogP contribution in [0.15, 0.2) is 8.92 Å². The molecule has 0 bridgehead atoms. The second-order valence-corrected chi connectivity index (χ2v) is 2.04. The highest BCUT2D eigenvalue weighted by Crippen LogP contribution is 1.90. The lowest BCUT2D eigenvalue weighted by Gasteiger charge is -1.73. The summed E-state index contributed by atoms with van der Waals surface area (Å²) < 4.78 is 24.3. The number of hydrogen-bond donors (Lipinski definition) is 0. The predicted octanol–water partition coefficient (Wildman–Crippen LogP) is -0.123. The molecule has 48 valence electrons. The first-order valence-electron chi connectivity index (χ1n) is 1.53. The standard InChI is InChI=1S/CN4O3S/c2-4-5-9(7,8)3-1-6. The molecule has 0 aliphatic carbocycles. The Hall–Kier alpha value is -1.36. The van der Waals surface area contributed by atoms with Crippen LogP contribution in [0.2, 0.25) is 0 Å². The molecule has 0 radical (unpaired) electrons. The summed E-state index contributed by atoms with van der Waals surface area (Å²) in [6.45, 7) is 0. The molecule has 0 aromatic heterocycles. The predicted molar refractivity (Wildman–Crippen MR) is 26.2 cm³/mol. The first-order chi connectivity index (χ1) is 4.12. The van der Waals surface area contributed by atoms with E-state index in [0.29, 0.717) is 6.08 Å². The van der Waals surface area contributed by atoms with E-state index >= 15 is 0 Å². The Balaban J connectivity index is 4.84. The average molecular weight is 148 g/mol. The smallest absolute Gasteiger partial charge is 0.210 e. The molecular weight excluding hydrogens is 148 g/mol. The summed E-state index contributed by atoms with van der Waals surface area (Å²) in [4.78, 5) is 11.1. The monoisotopic (exact) mass is 148 g/mol. The summed E-state index contributed by atoms with van der Waals surface area (Å²) >= 11 is 0. The summed E-state index contributed by atoms with van der Waals surface area (Å²) in [5.41, 5.74) is 7.52. The fourth-order valence-corrected chi connectivity index (χ4v) is 0.334. The number of azide groups is 1. The van der Waals surface area contributed by atoms with E-state index in [-0.39, 0.29) is 0 Å². The van der Waals surface area contributed by atoms with Crippen LogP contribution in [-0.4, -0.2) is 14.5 Å². The Bertz CT molecular complexity index is 253. The van der Waals surface area contributed by atoms with Gasteiger partial charge in [-0.2, -0.15) is 8.42 Å². The van der Waals surface area contributed by atoms with Gasteiger partial charge in [-0.1, -0.05) is 4.40 Å². The molecular formula is CN4O3S. The maximum Gasteiger partial charge on any atom is 0.353 e. The number of hydrogen-bond acceptors (Lipinski definition) is 3. The van der Waals surface area contributed by atoms with Crippen molar-refractivity contribution in [2.45, 2.75) is 0 Å². The second-order valence-electron chi connectivity index (χ2n) is 0.801. The van der Waals surface area contributed by atoms with E-state index < -0.39 is 10.2 Å². The lowest BCUT2D eigenvalue weighted by Crippen LogP contribution is -1.84. The maximum absolute atomic E-state index is 9.98. The van der Waals surface area contributed by atoms with Gasteiger partial charge in [-0.05, 0) is 5.53 Å². The molecule has 0 atom stereocenters. The van der Waals surface area contributed by atoms with Crippen molar-refractivity contribution < 1.29 is 13.2 Å². The lowest BCUT2D eigenvalue weighted by molar-refractivity contribution is 0.563. The molecule has 0 aromatic rings. The SMILES string of the molecule is [N-]=[N+]=NS(=O)(=O)N=C=O. The number of nitrogens with zero attached hydrogens (tertiary/aromatic N) is 4. The van der Waals surface area contributed by atoms with Crippen molar-refractivity contribution in [2.75, 3.05) is 0 Å². The molecule has 0 unspecified atom stereocenters. The highest BCUT2D eigenvalue weighted by molar-refractivity contribution is 7.88. The molecule has 0 amide bonds. The van der Waals surface area contributed by atoms with E-state index in [0.717, 1.165) is 0 Å². The van der Waals surface area contributed by atoms with Crippen molar-refractivity contribution in [1.29, 1.82) is 0 Å². The van der Waals surface area contributed by atoms with Crippen molar-refractivity contribution >= 4 is 16.3 Å². The zero-order chi connectivity index (χ0) is 7.33. The van der Waals surface area contributed by atoms with Crippen LogP contribution in [0.5, 0.6) is 0 Å². The highest BCUT2D eigenvalue weighted by atomic mass is 32.2. The largest absolute Gasteiger partial charge is 0.353 e. The zero-order valence-corrected chi connectivity index (χ0v) is 4.74. The van der Waals surface area contributed by atoms with E-state index in [1.807, 2.05) is 4.91 Å². The van der Waals surface area contributed by atoms with E-state index in [2.05, 4.69) is 8.92 Å². The van der Waals surface area contributed by atoms with Crippen LogP contribution >= 0.6 is 0 Å². The molecule has 7 nitrogen and oxygen atoms in total. The third kappa shape index (κ3) is 3.24. The molecule has 0 N–H and O–H groups in total. The average Bonchev–Trinajstić information content (AvgIpc) is 1.64. The molecule has 0 spiro atoms. The minimum Gasteiger partial charge on any atom is -0.210 e. The van der Waals surface area contributed by atoms with Gasteiger partial charge in [0.1, 0.15) is 0 Å². The van der Waals surface area contributed by atoms with Crippen LogP contribution in [-0.2, 0) is 15.0 Å². The third-order valence-electron chi connectivity index (χ3n) is 0.292. The van der Waals surface area contributed by atoms with E-state index in [1.54, 1.807) is 0 Å². The van der Waals surface area contributed by atoms with Crippen molar-refractivity contribution in [3.8, 4) is 0 Å². The van der Waals surface area contributed by atoms with Crippen LogP contribution in [0.3, 0.4) is 0 Å². The minimum absolute atomic E-state index is 0.715. The Morgan fingerprint density at radius 2 is 2.11 bits per heavy atom. The van der Waals surface area contributed by atoms with Crippen LogP contribution in [0, 0.1) is 0 Å². The molecule has 0 saturated carbocycles. The Morgan fingerprint density at radius 1 is 1.56 bits per heavy atom. The zero-order valence-electron chi connectivity index (χ0n) is 3.92. The molecule has 0 fully saturated rings. The Kier molecular flexibility index (Phi) is 2.40. The quantitative estimate of drug-likeness (QED) is 0.179. The normalized spacial score (nSPS) is 8.89. The molecule has 0 aliphatic rings. The van der Waals surface area contributed by atoms with Gasteiger partial charge in [0.15, 0.2) is 0 Å². The van der Waals surface area contributed by atoms with Crippen molar-refractivity contribution in [3.63, 3.8) is 0 Å². The van der Waals surface area contributed by atoms with Crippen molar-refractivity contribution in [1.82, 2.24) is 0 Å². The van der Waals surface area contributed by atoms with Gasteiger partial charge >= 0.3 is 10.2 Å². The van der Waals surface area contributed by atoms with Gasteiger partial charge in [-0.25, -0.2) is 4.79 Å². The molecule has 0 saturated heterocycles. The van der Waals surface area contributed by atoms with Gasteiger partial charge in [0.2, 0.25) is 0 Å². The van der Waals surface area contributed by atoms with Gasteiger partial charge in [0, 0.05) is 4.91 Å². The van der Waals surface area contributed by atoms with Gasteiger partial charge in [-0.15, -0.1) is 0 Å². The Labute approximate surface area is 49.8 Å². The molecule has 0 rings (SSSR count). The van der Waals surface area contributed by atoms with Gasteiger partial charge in [0.25, 0.3) is 6.08 Å². The number of carbonyl (C=O) groups excluding carboxylic acids is 1.